The van der Waals surface area contributed by atoms with Crippen molar-refractivity contribution in [3.63, 3.8) is 0 Å². The van der Waals surface area contributed by atoms with Crippen molar-refractivity contribution in [3.8, 4) is 17.6 Å². The SMILES string of the molecule is COc1ccc2c(c1C#CCOC1CCNCC1F)n(C)c(=O)n2C1CCC(=O)NC1=O. The fourth-order valence-electron chi connectivity index (χ4n) is 4.23. The number of hydrogen-bond donors (Lipinski definition) is 2. The number of imidazole rings is 1. The second-order valence-corrected chi connectivity index (χ2v) is 7.85. The van der Waals surface area contributed by atoms with E-state index in [1.54, 1.807) is 19.2 Å². The van der Waals surface area contributed by atoms with Crippen LogP contribution in [0.15, 0.2) is 16.9 Å². The van der Waals surface area contributed by atoms with E-state index in [1.165, 1.54) is 16.2 Å². The van der Waals surface area contributed by atoms with Gasteiger partial charge in [-0.05, 0) is 31.5 Å². The molecule has 0 saturated carbocycles. The Morgan fingerprint density at radius 2 is 2.06 bits per heavy atom. The number of alkyl halides is 1. The van der Waals surface area contributed by atoms with Crippen LogP contribution in [0.4, 0.5) is 4.39 Å². The lowest BCUT2D eigenvalue weighted by Gasteiger charge is -2.25. The first-order valence-corrected chi connectivity index (χ1v) is 10.5. The van der Waals surface area contributed by atoms with Crippen LogP contribution in [-0.4, -0.2) is 60.0 Å². The molecule has 2 aliphatic heterocycles. The topological polar surface area (TPSA) is 104 Å². The Balaban J connectivity index is 1.69. The fraction of sp³-hybridized carbons (Fsp3) is 0.500. The molecule has 2 N–H and O–H groups in total. The quantitative estimate of drug-likeness (QED) is 0.523. The number of nitrogens with one attached hydrogen (secondary N) is 2. The molecule has 2 aromatic rings. The fourth-order valence-corrected chi connectivity index (χ4v) is 4.23. The number of methoxy groups -OCH3 is 1. The Bertz CT molecular complexity index is 1170. The van der Waals surface area contributed by atoms with Crippen molar-refractivity contribution in [2.75, 3.05) is 26.8 Å². The number of imide groups is 1. The normalized spacial score (nSPS) is 23.5. The Kier molecular flexibility index (Phi) is 6.30. The Morgan fingerprint density at radius 3 is 2.78 bits per heavy atom. The van der Waals surface area contributed by atoms with Gasteiger partial charge in [0.1, 0.15) is 24.6 Å². The molecule has 9 nitrogen and oxygen atoms in total. The van der Waals surface area contributed by atoms with Crippen molar-refractivity contribution in [1.82, 2.24) is 19.8 Å². The number of aromatic nitrogens is 2. The zero-order valence-corrected chi connectivity index (χ0v) is 17.9. The number of benzene rings is 1. The summed E-state index contributed by atoms with van der Waals surface area (Å²) in [6.45, 7) is 0.995. The lowest BCUT2D eigenvalue weighted by molar-refractivity contribution is -0.135. The summed E-state index contributed by atoms with van der Waals surface area (Å²) in [5, 5.41) is 5.26. The number of piperidine rings is 2. The molecular formula is C22H25FN4O5. The van der Waals surface area contributed by atoms with E-state index in [0.717, 1.165) is 0 Å². The van der Waals surface area contributed by atoms with Crippen LogP contribution < -0.4 is 21.1 Å². The van der Waals surface area contributed by atoms with Crippen molar-refractivity contribution in [2.45, 2.75) is 37.6 Å². The van der Waals surface area contributed by atoms with Crippen molar-refractivity contribution in [1.29, 1.82) is 0 Å². The Hall–Kier alpha value is -3.16. The van der Waals surface area contributed by atoms with Crippen LogP contribution in [0.2, 0.25) is 0 Å². The number of carbonyl (C=O) groups excluding carboxylic acids is 2. The lowest BCUT2D eigenvalue weighted by atomic mass is 10.1. The van der Waals surface area contributed by atoms with Gasteiger partial charge in [0.2, 0.25) is 11.8 Å². The number of rotatable bonds is 4. The van der Waals surface area contributed by atoms with Crippen molar-refractivity contribution < 1.29 is 23.5 Å². The molecule has 0 radical (unpaired) electrons. The van der Waals surface area contributed by atoms with Crippen LogP contribution >= 0.6 is 0 Å². The molecule has 2 saturated heterocycles. The van der Waals surface area contributed by atoms with Crippen LogP contribution in [0.5, 0.6) is 5.75 Å². The van der Waals surface area contributed by atoms with Gasteiger partial charge in [0.15, 0.2) is 0 Å². The van der Waals surface area contributed by atoms with Crippen LogP contribution in [0, 0.1) is 11.8 Å². The van der Waals surface area contributed by atoms with Crippen molar-refractivity contribution in [2.24, 2.45) is 7.05 Å². The Morgan fingerprint density at radius 1 is 1.25 bits per heavy atom. The minimum absolute atomic E-state index is 0.0342. The predicted molar refractivity (Wildman–Crippen MR) is 114 cm³/mol. The van der Waals surface area contributed by atoms with E-state index >= 15 is 0 Å². The molecule has 2 fully saturated rings. The molecule has 3 atom stereocenters. The van der Waals surface area contributed by atoms with E-state index < -0.39 is 29.9 Å². The maximum atomic E-state index is 13.9. The highest BCUT2D eigenvalue weighted by molar-refractivity contribution is 6.00. The molecule has 3 unspecified atom stereocenters. The summed E-state index contributed by atoms with van der Waals surface area (Å²) in [4.78, 5) is 37.0. The van der Waals surface area contributed by atoms with Gasteiger partial charge in [0.25, 0.3) is 0 Å². The smallest absolute Gasteiger partial charge is 0.329 e. The number of fused-ring (bicyclic) bond motifs is 1. The van der Waals surface area contributed by atoms with Crippen LogP contribution in [0.25, 0.3) is 11.0 Å². The van der Waals surface area contributed by atoms with Crippen molar-refractivity contribution in [3.05, 3.63) is 28.2 Å². The average Bonchev–Trinajstić information content (AvgIpc) is 3.03. The molecule has 0 bridgehead atoms. The van der Waals surface area contributed by atoms with Gasteiger partial charge in [-0.1, -0.05) is 11.8 Å². The van der Waals surface area contributed by atoms with Gasteiger partial charge >= 0.3 is 5.69 Å². The van der Waals surface area contributed by atoms with Gasteiger partial charge in [-0.25, -0.2) is 9.18 Å². The molecule has 1 aromatic carbocycles. The van der Waals surface area contributed by atoms with E-state index in [-0.39, 0.29) is 31.9 Å². The monoisotopic (exact) mass is 444 g/mol. The summed E-state index contributed by atoms with van der Waals surface area (Å²) in [5.74, 6) is 5.51. The van der Waals surface area contributed by atoms with E-state index in [0.29, 0.717) is 35.3 Å². The lowest BCUT2D eigenvalue weighted by Crippen LogP contribution is -2.44. The standard InChI is InChI=1S/C22H25FN4O5/c1-26-20-13(4-3-11-32-18-9-10-24-12-14(18)23)17(31-2)7-5-15(20)27(22(26)30)16-6-8-19(28)25-21(16)29/h5,7,14,16,18,24H,6,8-12H2,1-2H3,(H,25,28,29). The third kappa shape index (κ3) is 4.01. The second-order valence-electron chi connectivity index (χ2n) is 7.85. The van der Waals surface area contributed by atoms with Gasteiger partial charge in [-0.15, -0.1) is 0 Å². The third-order valence-corrected chi connectivity index (χ3v) is 5.88. The maximum absolute atomic E-state index is 13.9. The summed E-state index contributed by atoms with van der Waals surface area (Å²) >= 11 is 0. The summed E-state index contributed by atoms with van der Waals surface area (Å²) < 4.78 is 27.7. The Labute approximate surface area is 183 Å². The zero-order valence-electron chi connectivity index (χ0n) is 17.9. The molecule has 32 heavy (non-hydrogen) atoms. The molecule has 0 spiro atoms. The van der Waals surface area contributed by atoms with Gasteiger partial charge in [-0.3, -0.25) is 24.0 Å². The minimum Gasteiger partial charge on any atom is -0.495 e. The number of ether oxygens (including phenoxy) is 2. The number of amides is 2. The third-order valence-electron chi connectivity index (χ3n) is 5.88. The van der Waals surface area contributed by atoms with Crippen LogP contribution in [-0.2, 0) is 21.4 Å². The van der Waals surface area contributed by atoms with E-state index in [1.807, 2.05) is 0 Å². The van der Waals surface area contributed by atoms with Gasteiger partial charge in [0, 0.05) is 20.0 Å². The zero-order chi connectivity index (χ0) is 22.8. The highest BCUT2D eigenvalue weighted by atomic mass is 19.1. The first-order valence-electron chi connectivity index (χ1n) is 10.5. The second kappa shape index (κ2) is 9.14. The van der Waals surface area contributed by atoms with Gasteiger partial charge in [0.05, 0.1) is 29.8 Å². The number of halogens is 1. The first kappa shape index (κ1) is 22.0. The predicted octanol–water partition coefficient (Wildman–Crippen LogP) is 0.394. The van der Waals surface area contributed by atoms with E-state index in [4.69, 9.17) is 9.47 Å². The number of aryl methyl sites for hydroxylation is 1. The summed E-state index contributed by atoms with van der Waals surface area (Å²) in [6.07, 6.45) is -0.602. The molecule has 0 aliphatic carbocycles. The van der Waals surface area contributed by atoms with Gasteiger partial charge in [-0.2, -0.15) is 0 Å². The van der Waals surface area contributed by atoms with Crippen molar-refractivity contribution >= 4 is 22.8 Å². The van der Waals surface area contributed by atoms with E-state index in [2.05, 4.69) is 22.5 Å². The van der Waals surface area contributed by atoms with E-state index in [9.17, 15) is 18.8 Å². The molecule has 1 aromatic heterocycles. The van der Waals surface area contributed by atoms with Crippen LogP contribution in [0.1, 0.15) is 30.9 Å². The van der Waals surface area contributed by atoms with Crippen LogP contribution in [0.3, 0.4) is 0 Å². The minimum atomic E-state index is -1.08. The molecule has 4 rings (SSSR count). The molecule has 170 valence electrons. The molecule has 10 heteroatoms. The van der Waals surface area contributed by atoms with Gasteiger partial charge < -0.3 is 14.8 Å². The maximum Gasteiger partial charge on any atom is 0.329 e. The highest BCUT2D eigenvalue weighted by Gasteiger charge is 2.32. The largest absolute Gasteiger partial charge is 0.495 e. The molecule has 2 aliphatic rings. The summed E-state index contributed by atoms with van der Waals surface area (Å²) in [7, 11) is 3.09. The number of hydrogen-bond acceptors (Lipinski definition) is 6. The molecular weight excluding hydrogens is 419 g/mol. The first-order chi connectivity index (χ1) is 15.4. The summed E-state index contributed by atoms with van der Waals surface area (Å²) in [5.41, 5.74) is 1.11. The number of nitrogens with zero attached hydrogens (tertiary/aromatic N) is 2. The molecule has 2 amide bonds. The highest BCUT2D eigenvalue weighted by Crippen LogP contribution is 2.29. The average molecular weight is 444 g/mol. The summed E-state index contributed by atoms with van der Waals surface area (Å²) in [6, 6.07) is 2.59. The number of carbonyl (C=O) groups is 2. The molecule has 3 heterocycles.